The first-order valence-electron chi connectivity index (χ1n) is 7.66. The summed E-state index contributed by atoms with van der Waals surface area (Å²) in [6.45, 7) is 0.588. The number of carbonyl (C=O) groups is 2. The Hall–Kier alpha value is -1.99. The molecule has 0 saturated carbocycles. The van der Waals surface area contributed by atoms with E-state index in [-0.39, 0.29) is 36.9 Å². The summed E-state index contributed by atoms with van der Waals surface area (Å²) in [6, 6.07) is 4.75. The highest BCUT2D eigenvalue weighted by molar-refractivity contribution is 5.98. The predicted molar refractivity (Wildman–Crippen MR) is 91.9 cm³/mol. The maximum Gasteiger partial charge on any atom is 0.247 e. The van der Waals surface area contributed by atoms with Crippen LogP contribution in [0.5, 0.6) is 11.5 Å². The van der Waals surface area contributed by atoms with Crippen molar-refractivity contribution in [3.63, 3.8) is 0 Å². The number of halogens is 1. The van der Waals surface area contributed by atoms with Gasteiger partial charge in [-0.15, -0.1) is 12.4 Å². The number of anilines is 1. The van der Waals surface area contributed by atoms with Crippen LogP contribution in [0.4, 0.5) is 5.69 Å². The van der Waals surface area contributed by atoms with E-state index in [4.69, 9.17) is 15.2 Å². The maximum absolute atomic E-state index is 12.1. The Morgan fingerprint density at radius 3 is 2.75 bits per heavy atom. The highest BCUT2D eigenvalue weighted by atomic mass is 35.5. The van der Waals surface area contributed by atoms with Crippen molar-refractivity contribution in [2.45, 2.75) is 24.9 Å². The molecular formula is C16H22ClN3O4. The Morgan fingerprint density at radius 2 is 2.08 bits per heavy atom. The van der Waals surface area contributed by atoms with Gasteiger partial charge in [-0.2, -0.15) is 0 Å². The van der Waals surface area contributed by atoms with Crippen LogP contribution < -0.4 is 20.1 Å². The van der Waals surface area contributed by atoms with Gasteiger partial charge in [0, 0.05) is 26.6 Å². The Labute approximate surface area is 147 Å². The van der Waals surface area contributed by atoms with Gasteiger partial charge in [-0.05, 0) is 18.6 Å². The SMILES string of the molecule is CN1C(=O)[C@@H](N)COc2ccc(OCC3CCC(=O)N3C)cc21.Cl. The minimum absolute atomic E-state index is 0. The van der Waals surface area contributed by atoms with Gasteiger partial charge < -0.3 is 25.0 Å². The van der Waals surface area contributed by atoms with Crippen LogP contribution in [0.25, 0.3) is 0 Å². The number of fused-ring (bicyclic) bond motifs is 1. The summed E-state index contributed by atoms with van der Waals surface area (Å²) in [4.78, 5) is 26.8. The zero-order chi connectivity index (χ0) is 16.6. The van der Waals surface area contributed by atoms with Gasteiger partial charge in [0.2, 0.25) is 11.8 Å². The van der Waals surface area contributed by atoms with Crippen LogP contribution in [-0.4, -0.2) is 56.1 Å². The molecule has 2 atom stereocenters. The third-order valence-electron chi connectivity index (χ3n) is 4.43. The summed E-state index contributed by atoms with van der Waals surface area (Å²) in [5, 5.41) is 0. The van der Waals surface area contributed by atoms with Gasteiger partial charge in [-0.25, -0.2) is 0 Å². The van der Waals surface area contributed by atoms with Crippen molar-refractivity contribution in [3.05, 3.63) is 18.2 Å². The number of carbonyl (C=O) groups excluding carboxylic acids is 2. The molecule has 1 aromatic carbocycles. The maximum atomic E-state index is 12.1. The Morgan fingerprint density at radius 1 is 1.33 bits per heavy atom. The number of rotatable bonds is 3. The highest BCUT2D eigenvalue weighted by Crippen LogP contribution is 2.34. The van der Waals surface area contributed by atoms with Crippen LogP contribution in [0.2, 0.25) is 0 Å². The summed E-state index contributed by atoms with van der Waals surface area (Å²) >= 11 is 0. The molecule has 0 bridgehead atoms. The number of ether oxygens (including phenoxy) is 2. The van der Waals surface area contributed by atoms with E-state index in [2.05, 4.69) is 0 Å². The van der Waals surface area contributed by atoms with Crippen LogP contribution in [0.1, 0.15) is 12.8 Å². The molecule has 8 heteroatoms. The number of hydrogen-bond acceptors (Lipinski definition) is 5. The van der Waals surface area contributed by atoms with Crippen LogP contribution in [0.3, 0.4) is 0 Å². The molecule has 1 aromatic rings. The number of amides is 2. The average molecular weight is 356 g/mol. The topological polar surface area (TPSA) is 85.1 Å². The molecule has 2 aliphatic heterocycles. The van der Waals surface area contributed by atoms with E-state index in [9.17, 15) is 9.59 Å². The van der Waals surface area contributed by atoms with Gasteiger partial charge in [-0.3, -0.25) is 9.59 Å². The second-order valence-electron chi connectivity index (χ2n) is 5.95. The molecule has 2 heterocycles. The summed E-state index contributed by atoms with van der Waals surface area (Å²) < 4.78 is 11.4. The highest BCUT2D eigenvalue weighted by Gasteiger charge is 2.29. The Kier molecular flexibility index (Phi) is 5.56. The number of likely N-dealkylation sites (N-methyl/N-ethyl adjacent to an activating group) is 2. The second-order valence-corrected chi connectivity index (χ2v) is 5.95. The van der Waals surface area contributed by atoms with Crippen molar-refractivity contribution < 1.29 is 19.1 Å². The normalized spacial score (nSPS) is 23.3. The minimum atomic E-state index is -0.671. The number of benzene rings is 1. The zero-order valence-corrected chi connectivity index (χ0v) is 14.5. The summed E-state index contributed by atoms with van der Waals surface area (Å²) in [5.41, 5.74) is 6.41. The molecule has 1 fully saturated rings. The third-order valence-corrected chi connectivity index (χ3v) is 4.43. The van der Waals surface area contributed by atoms with Gasteiger partial charge in [0.1, 0.15) is 30.8 Å². The molecule has 24 heavy (non-hydrogen) atoms. The lowest BCUT2D eigenvalue weighted by Crippen LogP contribution is -2.43. The van der Waals surface area contributed by atoms with E-state index in [1.54, 1.807) is 37.2 Å². The lowest BCUT2D eigenvalue weighted by Gasteiger charge is -2.21. The molecule has 1 saturated heterocycles. The smallest absolute Gasteiger partial charge is 0.247 e. The number of likely N-dealkylation sites (tertiary alicyclic amines) is 1. The van der Waals surface area contributed by atoms with E-state index in [0.717, 1.165) is 6.42 Å². The summed E-state index contributed by atoms with van der Waals surface area (Å²) in [5.74, 6) is 1.19. The van der Waals surface area contributed by atoms with Crippen molar-refractivity contribution in [1.82, 2.24) is 4.90 Å². The molecule has 1 unspecified atom stereocenters. The third kappa shape index (κ3) is 3.42. The van der Waals surface area contributed by atoms with Gasteiger partial charge >= 0.3 is 0 Å². The van der Waals surface area contributed by atoms with Crippen LogP contribution >= 0.6 is 12.4 Å². The monoisotopic (exact) mass is 355 g/mol. The van der Waals surface area contributed by atoms with Crippen LogP contribution in [0, 0.1) is 0 Å². The minimum Gasteiger partial charge on any atom is -0.491 e. The molecule has 0 aliphatic carbocycles. The fourth-order valence-electron chi connectivity index (χ4n) is 2.84. The number of nitrogens with two attached hydrogens (primary N) is 1. The molecular weight excluding hydrogens is 334 g/mol. The average Bonchev–Trinajstić information content (AvgIpc) is 2.83. The molecule has 2 N–H and O–H groups in total. The Bertz CT molecular complexity index is 640. The zero-order valence-electron chi connectivity index (χ0n) is 13.7. The molecule has 0 spiro atoms. The predicted octanol–water partition coefficient (Wildman–Crippen LogP) is 0.790. The molecule has 7 nitrogen and oxygen atoms in total. The lowest BCUT2D eigenvalue weighted by atomic mass is 10.2. The largest absolute Gasteiger partial charge is 0.491 e. The van der Waals surface area contributed by atoms with Gasteiger partial charge in [-0.1, -0.05) is 0 Å². The quantitative estimate of drug-likeness (QED) is 0.866. The fourth-order valence-corrected chi connectivity index (χ4v) is 2.84. The summed E-state index contributed by atoms with van der Waals surface area (Å²) in [6.07, 6.45) is 1.37. The molecule has 3 rings (SSSR count). The number of nitrogens with zero attached hydrogens (tertiary/aromatic N) is 2. The van der Waals surface area contributed by atoms with E-state index in [0.29, 0.717) is 30.2 Å². The Balaban J connectivity index is 0.00000208. The molecule has 132 valence electrons. The lowest BCUT2D eigenvalue weighted by molar-refractivity contribution is -0.128. The van der Waals surface area contributed by atoms with Crippen molar-refractivity contribution in [1.29, 1.82) is 0 Å². The molecule has 0 radical (unpaired) electrons. The van der Waals surface area contributed by atoms with E-state index in [1.165, 1.54) is 4.90 Å². The van der Waals surface area contributed by atoms with E-state index >= 15 is 0 Å². The fraction of sp³-hybridized carbons (Fsp3) is 0.500. The van der Waals surface area contributed by atoms with Crippen molar-refractivity contribution in [2.24, 2.45) is 5.73 Å². The van der Waals surface area contributed by atoms with Crippen LogP contribution in [-0.2, 0) is 9.59 Å². The first-order valence-corrected chi connectivity index (χ1v) is 7.66. The molecule has 2 aliphatic rings. The molecule has 0 aromatic heterocycles. The van der Waals surface area contributed by atoms with Gasteiger partial charge in [0.15, 0.2) is 0 Å². The first-order chi connectivity index (χ1) is 11.0. The summed E-state index contributed by atoms with van der Waals surface area (Å²) in [7, 11) is 3.46. The van der Waals surface area contributed by atoms with Gasteiger partial charge in [0.25, 0.3) is 0 Å². The number of hydrogen-bond donors (Lipinski definition) is 1. The van der Waals surface area contributed by atoms with Crippen LogP contribution in [0.15, 0.2) is 18.2 Å². The van der Waals surface area contributed by atoms with Crippen molar-refractivity contribution >= 4 is 29.9 Å². The van der Waals surface area contributed by atoms with E-state index in [1.807, 2.05) is 0 Å². The first kappa shape index (κ1) is 18.4. The molecule has 2 amide bonds. The van der Waals surface area contributed by atoms with E-state index < -0.39 is 6.04 Å². The van der Waals surface area contributed by atoms with Gasteiger partial charge in [0.05, 0.1) is 11.7 Å². The second kappa shape index (κ2) is 7.27. The standard InChI is InChI=1S/C16H21N3O4.ClH/c1-18-10(3-6-15(18)20)8-22-11-4-5-14-13(7-11)19(2)16(21)12(17)9-23-14;/h4-5,7,10,12H,3,6,8-9,17H2,1-2H3;1H/t10?,12-;/m0./s1. The van der Waals surface area contributed by atoms with Crippen molar-refractivity contribution in [2.75, 3.05) is 32.2 Å². The van der Waals surface area contributed by atoms with Crippen molar-refractivity contribution in [3.8, 4) is 11.5 Å².